The fourth-order valence-electron chi connectivity index (χ4n) is 1.13. The van der Waals surface area contributed by atoms with Crippen molar-refractivity contribution < 1.29 is 13.9 Å². The van der Waals surface area contributed by atoms with Crippen LogP contribution in [-0.2, 0) is 12.5 Å². The summed E-state index contributed by atoms with van der Waals surface area (Å²) in [4.78, 5) is 3.48. The molecule has 0 unspecified atom stereocenters. The van der Waals surface area contributed by atoms with Crippen molar-refractivity contribution in [3.63, 3.8) is 0 Å². The molecule has 0 bridgehead atoms. The number of nitriles is 1. The van der Waals surface area contributed by atoms with Crippen LogP contribution in [0, 0.1) is 11.3 Å². The minimum Gasteiger partial charge on any atom is -0.392 e. The van der Waals surface area contributed by atoms with Gasteiger partial charge in [0.2, 0.25) is 0 Å². The monoisotopic (exact) mass is 232 g/mol. The van der Waals surface area contributed by atoms with E-state index in [1.165, 1.54) is 6.07 Å². The van der Waals surface area contributed by atoms with Crippen molar-refractivity contribution in [1.82, 2.24) is 4.98 Å². The SMILES string of the molecule is N#Cc1nc(C(F)F)c(CCl)cc1CO. The Morgan fingerprint density at radius 1 is 1.53 bits per heavy atom. The molecule has 0 atom stereocenters. The van der Waals surface area contributed by atoms with Crippen LogP contribution in [0.1, 0.15) is 28.9 Å². The van der Waals surface area contributed by atoms with Gasteiger partial charge in [-0.1, -0.05) is 0 Å². The lowest BCUT2D eigenvalue weighted by Crippen LogP contribution is -2.03. The second-order valence-electron chi connectivity index (χ2n) is 2.74. The predicted octanol–water partition coefficient (Wildman–Crippen LogP) is 2.12. The summed E-state index contributed by atoms with van der Waals surface area (Å²) in [6.45, 7) is -0.427. The Morgan fingerprint density at radius 2 is 2.20 bits per heavy atom. The maximum Gasteiger partial charge on any atom is 0.280 e. The molecule has 80 valence electrons. The van der Waals surface area contributed by atoms with Crippen molar-refractivity contribution in [3.05, 3.63) is 28.6 Å². The van der Waals surface area contributed by atoms with Crippen molar-refractivity contribution in [2.75, 3.05) is 0 Å². The number of alkyl halides is 3. The summed E-state index contributed by atoms with van der Waals surface area (Å²) in [6.07, 6.45) is -2.78. The predicted molar refractivity (Wildman–Crippen MR) is 49.4 cm³/mol. The summed E-state index contributed by atoms with van der Waals surface area (Å²) in [7, 11) is 0. The summed E-state index contributed by atoms with van der Waals surface area (Å²) in [6, 6.07) is 2.92. The molecule has 15 heavy (non-hydrogen) atoms. The molecule has 1 heterocycles. The third kappa shape index (κ3) is 2.41. The van der Waals surface area contributed by atoms with Crippen LogP contribution < -0.4 is 0 Å². The number of rotatable bonds is 3. The van der Waals surface area contributed by atoms with Gasteiger partial charge in [-0.3, -0.25) is 0 Å². The van der Waals surface area contributed by atoms with Gasteiger partial charge in [0.05, 0.1) is 6.61 Å². The first kappa shape index (κ1) is 11.8. The Balaban J connectivity index is 3.36. The molecule has 0 spiro atoms. The fraction of sp³-hybridized carbons (Fsp3) is 0.333. The van der Waals surface area contributed by atoms with E-state index in [9.17, 15) is 8.78 Å². The summed E-state index contributed by atoms with van der Waals surface area (Å²) in [5.41, 5.74) is -0.354. The van der Waals surface area contributed by atoms with E-state index in [1.807, 2.05) is 0 Å². The lowest BCUT2D eigenvalue weighted by molar-refractivity contribution is 0.145. The lowest BCUT2D eigenvalue weighted by Gasteiger charge is -2.08. The molecule has 1 N–H and O–H groups in total. The van der Waals surface area contributed by atoms with E-state index < -0.39 is 18.7 Å². The highest BCUT2D eigenvalue weighted by Gasteiger charge is 2.17. The molecule has 1 aromatic rings. The van der Waals surface area contributed by atoms with E-state index in [2.05, 4.69) is 4.98 Å². The number of hydrogen-bond donors (Lipinski definition) is 1. The van der Waals surface area contributed by atoms with Crippen LogP contribution in [-0.4, -0.2) is 10.1 Å². The number of aliphatic hydroxyl groups excluding tert-OH is 1. The second-order valence-corrected chi connectivity index (χ2v) is 3.01. The van der Waals surface area contributed by atoms with Gasteiger partial charge in [0, 0.05) is 11.4 Å². The van der Waals surface area contributed by atoms with Crippen LogP contribution >= 0.6 is 11.6 Å². The maximum atomic E-state index is 12.5. The summed E-state index contributed by atoms with van der Waals surface area (Å²) >= 11 is 5.46. The van der Waals surface area contributed by atoms with Crippen molar-refractivity contribution in [1.29, 1.82) is 5.26 Å². The molecule has 3 nitrogen and oxygen atoms in total. The summed E-state index contributed by atoms with van der Waals surface area (Å²) < 4.78 is 24.9. The molecule has 1 rings (SSSR count). The Morgan fingerprint density at radius 3 is 2.60 bits per heavy atom. The van der Waals surface area contributed by atoms with Gasteiger partial charge in [-0.2, -0.15) is 5.26 Å². The molecule has 0 fully saturated rings. The van der Waals surface area contributed by atoms with E-state index >= 15 is 0 Å². The van der Waals surface area contributed by atoms with Crippen molar-refractivity contribution in [2.45, 2.75) is 18.9 Å². The molecular weight excluding hydrogens is 226 g/mol. The van der Waals surface area contributed by atoms with Gasteiger partial charge >= 0.3 is 0 Å². The summed E-state index contributed by atoms with van der Waals surface area (Å²) in [5, 5.41) is 17.5. The number of pyridine rings is 1. The summed E-state index contributed by atoms with van der Waals surface area (Å²) in [5.74, 6) is -0.134. The number of aromatic nitrogens is 1. The van der Waals surface area contributed by atoms with Crippen molar-refractivity contribution in [2.24, 2.45) is 0 Å². The van der Waals surface area contributed by atoms with Gasteiger partial charge in [-0.25, -0.2) is 13.8 Å². The van der Waals surface area contributed by atoms with Crippen molar-refractivity contribution in [3.8, 4) is 6.07 Å². The number of nitrogens with zero attached hydrogens (tertiary/aromatic N) is 2. The highest BCUT2D eigenvalue weighted by molar-refractivity contribution is 6.17. The Kier molecular flexibility index (Phi) is 3.95. The maximum absolute atomic E-state index is 12.5. The van der Waals surface area contributed by atoms with E-state index in [1.54, 1.807) is 6.07 Å². The average molecular weight is 233 g/mol. The normalized spacial score (nSPS) is 10.4. The second kappa shape index (κ2) is 5.01. The minimum atomic E-state index is -2.78. The minimum absolute atomic E-state index is 0.134. The lowest BCUT2D eigenvalue weighted by atomic mass is 10.1. The van der Waals surface area contributed by atoms with E-state index in [4.69, 9.17) is 22.0 Å². The van der Waals surface area contributed by atoms with Gasteiger partial charge in [0.25, 0.3) is 6.43 Å². The number of hydrogen-bond acceptors (Lipinski definition) is 3. The molecule has 1 aromatic heterocycles. The van der Waals surface area contributed by atoms with Crippen LogP contribution in [0.25, 0.3) is 0 Å². The molecule has 6 heteroatoms. The zero-order valence-electron chi connectivity index (χ0n) is 7.54. The molecule has 0 aliphatic heterocycles. The molecule has 0 aliphatic carbocycles. The molecular formula is C9H7ClF2N2O. The number of halogens is 3. The standard InChI is InChI=1S/C9H7ClF2N2O/c10-2-5-1-6(4-15)7(3-13)14-8(5)9(11)12/h1,9,15H,2,4H2. The Labute approximate surface area is 89.9 Å². The molecule has 0 aliphatic rings. The average Bonchev–Trinajstić information content (AvgIpc) is 2.26. The first-order valence-electron chi connectivity index (χ1n) is 4.01. The highest BCUT2D eigenvalue weighted by Crippen LogP contribution is 2.24. The third-order valence-corrected chi connectivity index (χ3v) is 2.13. The van der Waals surface area contributed by atoms with Gasteiger partial charge in [-0.05, 0) is 11.6 Å². The van der Waals surface area contributed by atoms with Crippen LogP contribution in [0.3, 0.4) is 0 Å². The topological polar surface area (TPSA) is 56.9 Å². The van der Waals surface area contributed by atoms with Crippen LogP contribution in [0.4, 0.5) is 8.78 Å². The molecule has 0 radical (unpaired) electrons. The van der Waals surface area contributed by atoms with E-state index in [-0.39, 0.29) is 22.7 Å². The van der Waals surface area contributed by atoms with Crippen molar-refractivity contribution >= 4 is 11.6 Å². The first-order valence-corrected chi connectivity index (χ1v) is 4.55. The zero-order chi connectivity index (χ0) is 11.4. The zero-order valence-corrected chi connectivity index (χ0v) is 8.30. The Bertz CT molecular complexity index is 404. The molecule has 0 saturated carbocycles. The van der Waals surface area contributed by atoms with E-state index in [0.717, 1.165) is 0 Å². The molecule has 0 amide bonds. The Hall–Kier alpha value is -1.25. The fourth-order valence-corrected chi connectivity index (χ4v) is 1.34. The number of aliphatic hydroxyl groups is 1. The van der Waals surface area contributed by atoms with Gasteiger partial charge in [0.15, 0.2) is 0 Å². The largest absolute Gasteiger partial charge is 0.392 e. The quantitative estimate of drug-likeness (QED) is 0.812. The highest BCUT2D eigenvalue weighted by atomic mass is 35.5. The van der Waals surface area contributed by atoms with Gasteiger partial charge < -0.3 is 5.11 Å². The van der Waals surface area contributed by atoms with Crippen LogP contribution in [0.5, 0.6) is 0 Å². The first-order chi connectivity index (χ1) is 7.13. The third-order valence-electron chi connectivity index (χ3n) is 1.84. The van der Waals surface area contributed by atoms with Crippen LogP contribution in [0.15, 0.2) is 6.07 Å². The molecule has 0 aromatic carbocycles. The van der Waals surface area contributed by atoms with Gasteiger partial charge in [-0.15, -0.1) is 11.6 Å². The van der Waals surface area contributed by atoms with Crippen LogP contribution in [0.2, 0.25) is 0 Å². The smallest absolute Gasteiger partial charge is 0.280 e. The van der Waals surface area contributed by atoms with E-state index in [0.29, 0.717) is 0 Å². The molecule has 0 saturated heterocycles. The van der Waals surface area contributed by atoms with Gasteiger partial charge in [0.1, 0.15) is 17.5 Å².